The minimum absolute atomic E-state index is 0.417. The van der Waals surface area contributed by atoms with E-state index >= 15 is 0 Å². The number of aromatic nitrogens is 4. The average molecular weight is 388 g/mol. The van der Waals surface area contributed by atoms with Crippen molar-refractivity contribution in [1.82, 2.24) is 20.2 Å². The monoisotopic (exact) mass is 387 g/mol. The fourth-order valence-corrected chi connectivity index (χ4v) is 2.82. The molecule has 0 aliphatic rings. The van der Waals surface area contributed by atoms with Crippen molar-refractivity contribution in [1.29, 1.82) is 0 Å². The van der Waals surface area contributed by atoms with Crippen molar-refractivity contribution in [2.45, 2.75) is 33.0 Å². The van der Waals surface area contributed by atoms with Gasteiger partial charge in [-0.1, -0.05) is 41.8 Å². The summed E-state index contributed by atoms with van der Waals surface area (Å²) >= 11 is 6.01. The second-order valence-electron chi connectivity index (χ2n) is 5.98. The van der Waals surface area contributed by atoms with Gasteiger partial charge in [0.2, 0.25) is 5.95 Å². The van der Waals surface area contributed by atoms with E-state index < -0.39 is 0 Å². The first-order valence-electron chi connectivity index (χ1n) is 8.73. The van der Waals surface area contributed by atoms with E-state index in [-0.39, 0.29) is 0 Å². The molecule has 3 aromatic rings. The molecule has 0 aliphatic heterocycles. The third-order valence-corrected chi connectivity index (χ3v) is 4.16. The first kappa shape index (κ1) is 19.0. The van der Waals surface area contributed by atoms with Crippen LogP contribution in [0.25, 0.3) is 0 Å². The third kappa shape index (κ3) is 5.10. The molecule has 27 heavy (non-hydrogen) atoms. The van der Waals surface area contributed by atoms with Crippen molar-refractivity contribution >= 4 is 17.5 Å². The van der Waals surface area contributed by atoms with E-state index in [1.54, 1.807) is 11.8 Å². The van der Waals surface area contributed by atoms with Crippen LogP contribution in [0.3, 0.4) is 0 Å². The van der Waals surface area contributed by atoms with Crippen LogP contribution in [0.5, 0.6) is 11.5 Å². The Balaban J connectivity index is 1.64. The molecule has 1 heterocycles. The Hall–Kier alpha value is -2.80. The molecule has 1 N–H and O–H groups in total. The van der Waals surface area contributed by atoms with Gasteiger partial charge in [0, 0.05) is 18.1 Å². The SMILES string of the molecule is CCCn1nnnc1NCc1ccc(OCc2cccc(Cl)c2)c(OC)c1. The van der Waals surface area contributed by atoms with E-state index in [4.69, 9.17) is 21.1 Å². The largest absolute Gasteiger partial charge is 0.493 e. The van der Waals surface area contributed by atoms with Gasteiger partial charge in [0.1, 0.15) is 6.61 Å². The zero-order valence-corrected chi connectivity index (χ0v) is 16.1. The zero-order valence-electron chi connectivity index (χ0n) is 15.4. The Bertz CT molecular complexity index is 884. The number of nitrogens with zero attached hydrogens (tertiary/aromatic N) is 4. The smallest absolute Gasteiger partial charge is 0.243 e. The minimum Gasteiger partial charge on any atom is -0.493 e. The van der Waals surface area contributed by atoms with E-state index in [9.17, 15) is 0 Å². The molecule has 0 unspecified atom stereocenters. The number of benzene rings is 2. The van der Waals surface area contributed by atoms with Crippen LogP contribution in [0.1, 0.15) is 24.5 Å². The third-order valence-electron chi connectivity index (χ3n) is 3.93. The van der Waals surface area contributed by atoms with Crippen LogP contribution >= 0.6 is 11.6 Å². The van der Waals surface area contributed by atoms with Gasteiger partial charge in [-0.3, -0.25) is 0 Å². The summed E-state index contributed by atoms with van der Waals surface area (Å²) in [6.45, 7) is 3.85. The number of tetrazole rings is 1. The summed E-state index contributed by atoms with van der Waals surface area (Å²) in [5, 5.41) is 15.6. The van der Waals surface area contributed by atoms with Gasteiger partial charge in [0.25, 0.3) is 0 Å². The van der Waals surface area contributed by atoms with Gasteiger partial charge in [0.05, 0.1) is 7.11 Å². The van der Waals surface area contributed by atoms with Crippen molar-refractivity contribution < 1.29 is 9.47 Å². The molecule has 0 saturated heterocycles. The maximum Gasteiger partial charge on any atom is 0.243 e. The summed E-state index contributed by atoms with van der Waals surface area (Å²) in [5.74, 6) is 2.00. The average Bonchev–Trinajstić information content (AvgIpc) is 3.12. The van der Waals surface area contributed by atoms with Crippen LogP contribution < -0.4 is 14.8 Å². The molecule has 3 rings (SSSR count). The summed E-state index contributed by atoms with van der Waals surface area (Å²) in [6.07, 6.45) is 0.964. The van der Waals surface area contributed by atoms with Gasteiger partial charge in [-0.25, -0.2) is 4.68 Å². The predicted octanol–water partition coefficient (Wildman–Crippen LogP) is 3.94. The molecule has 1 aromatic heterocycles. The summed E-state index contributed by atoms with van der Waals surface area (Å²) in [5.41, 5.74) is 2.03. The van der Waals surface area contributed by atoms with Crippen LogP contribution in [-0.4, -0.2) is 27.3 Å². The van der Waals surface area contributed by atoms with Crippen molar-refractivity contribution in [2.75, 3.05) is 12.4 Å². The molecular formula is C19H22ClN5O2. The number of halogens is 1. The highest BCUT2D eigenvalue weighted by Gasteiger charge is 2.09. The maximum absolute atomic E-state index is 6.01. The van der Waals surface area contributed by atoms with Crippen molar-refractivity contribution in [3.8, 4) is 11.5 Å². The fraction of sp³-hybridized carbons (Fsp3) is 0.316. The molecule has 0 amide bonds. The summed E-state index contributed by atoms with van der Waals surface area (Å²) in [6, 6.07) is 13.4. The molecule has 0 fully saturated rings. The maximum atomic E-state index is 6.01. The predicted molar refractivity (Wildman–Crippen MR) is 104 cm³/mol. The van der Waals surface area contributed by atoms with E-state index in [2.05, 4.69) is 27.8 Å². The lowest BCUT2D eigenvalue weighted by Crippen LogP contribution is -2.09. The number of aryl methyl sites for hydroxylation is 1. The van der Waals surface area contributed by atoms with Crippen LogP contribution in [0, 0.1) is 0 Å². The number of anilines is 1. The van der Waals surface area contributed by atoms with E-state index in [1.165, 1.54) is 0 Å². The molecule has 0 atom stereocenters. The highest BCUT2D eigenvalue weighted by Crippen LogP contribution is 2.29. The van der Waals surface area contributed by atoms with Gasteiger partial charge in [-0.15, -0.1) is 0 Å². The molecule has 0 saturated carbocycles. The Morgan fingerprint density at radius 2 is 2.00 bits per heavy atom. The zero-order chi connectivity index (χ0) is 19.1. The van der Waals surface area contributed by atoms with Crippen LogP contribution in [0.4, 0.5) is 5.95 Å². The number of nitrogens with one attached hydrogen (secondary N) is 1. The second-order valence-corrected chi connectivity index (χ2v) is 6.42. The van der Waals surface area contributed by atoms with Gasteiger partial charge in [-0.2, -0.15) is 0 Å². The first-order chi connectivity index (χ1) is 13.2. The lowest BCUT2D eigenvalue weighted by molar-refractivity contribution is 0.284. The van der Waals surface area contributed by atoms with Gasteiger partial charge >= 0.3 is 0 Å². The van der Waals surface area contributed by atoms with Crippen molar-refractivity contribution in [3.63, 3.8) is 0 Å². The van der Waals surface area contributed by atoms with Gasteiger partial charge < -0.3 is 14.8 Å². The van der Waals surface area contributed by atoms with E-state index in [1.807, 2.05) is 42.5 Å². The second kappa shape index (κ2) is 9.23. The minimum atomic E-state index is 0.417. The number of hydrogen-bond acceptors (Lipinski definition) is 6. The lowest BCUT2D eigenvalue weighted by atomic mass is 10.2. The Morgan fingerprint density at radius 1 is 1.11 bits per heavy atom. The number of rotatable bonds is 9. The molecule has 0 radical (unpaired) electrons. The van der Waals surface area contributed by atoms with Crippen LogP contribution in [0.2, 0.25) is 5.02 Å². The normalized spacial score (nSPS) is 10.6. The highest BCUT2D eigenvalue weighted by atomic mass is 35.5. The number of ether oxygens (including phenoxy) is 2. The topological polar surface area (TPSA) is 74.1 Å². The van der Waals surface area contributed by atoms with Crippen molar-refractivity contribution in [3.05, 3.63) is 58.6 Å². The first-order valence-corrected chi connectivity index (χ1v) is 9.11. The Kier molecular flexibility index (Phi) is 6.49. The highest BCUT2D eigenvalue weighted by molar-refractivity contribution is 6.30. The van der Waals surface area contributed by atoms with Crippen molar-refractivity contribution in [2.24, 2.45) is 0 Å². The molecule has 0 aliphatic carbocycles. The van der Waals surface area contributed by atoms with Gasteiger partial charge in [-0.05, 0) is 52.2 Å². The Labute approximate surface area is 163 Å². The molecule has 7 nitrogen and oxygen atoms in total. The Morgan fingerprint density at radius 3 is 2.78 bits per heavy atom. The fourth-order valence-electron chi connectivity index (χ4n) is 2.60. The van der Waals surface area contributed by atoms with Crippen LogP contribution in [0.15, 0.2) is 42.5 Å². The lowest BCUT2D eigenvalue weighted by Gasteiger charge is -2.13. The molecule has 0 bridgehead atoms. The molecular weight excluding hydrogens is 366 g/mol. The summed E-state index contributed by atoms with van der Waals surface area (Å²) in [7, 11) is 1.63. The summed E-state index contributed by atoms with van der Waals surface area (Å²) in [4.78, 5) is 0. The number of methoxy groups -OCH3 is 1. The quantitative estimate of drug-likeness (QED) is 0.599. The molecule has 0 spiro atoms. The van der Waals surface area contributed by atoms with Crippen LogP contribution in [-0.2, 0) is 19.7 Å². The molecule has 2 aromatic carbocycles. The number of hydrogen-bond donors (Lipinski definition) is 1. The molecule has 8 heteroatoms. The van der Waals surface area contributed by atoms with Gasteiger partial charge in [0.15, 0.2) is 11.5 Å². The summed E-state index contributed by atoms with van der Waals surface area (Å²) < 4.78 is 13.1. The van der Waals surface area contributed by atoms with E-state index in [0.29, 0.717) is 35.6 Å². The standard InChI is InChI=1S/C19H22ClN5O2/c1-3-9-25-19(22-23-24-25)21-12-14-7-8-17(18(11-14)26-2)27-13-15-5-4-6-16(20)10-15/h4-8,10-11H,3,9,12-13H2,1-2H3,(H,21,22,24). The molecule has 142 valence electrons. The van der Waals surface area contributed by atoms with E-state index in [0.717, 1.165) is 24.1 Å².